The minimum Gasteiger partial charge on any atom is -0.507 e. The van der Waals surface area contributed by atoms with Gasteiger partial charge in [0.15, 0.2) is 0 Å². The van der Waals surface area contributed by atoms with Crippen LogP contribution in [0.15, 0.2) is 65.6 Å². The van der Waals surface area contributed by atoms with E-state index in [4.69, 9.17) is 21.1 Å². The number of Topliss-reactive ketones (excluding diaryl/α,β-unsaturated/α-hetero) is 1. The van der Waals surface area contributed by atoms with Crippen molar-refractivity contribution in [3.8, 4) is 11.5 Å². The molecule has 1 unspecified atom stereocenters. The van der Waals surface area contributed by atoms with Gasteiger partial charge in [-0.3, -0.25) is 9.59 Å². The van der Waals surface area contributed by atoms with Crippen molar-refractivity contribution >= 4 is 40.4 Å². The number of carbonyl (C=O) groups is 2. The van der Waals surface area contributed by atoms with Crippen LogP contribution in [0.3, 0.4) is 0 Å². The van der Waals surface area contributed by atoms with Gasteiger partial charge in [-0.25, -0.2) is 0 Å². The van der Waals surface area contributed by atoms with Crippen molar-refractivity contribution in [3.63, 3.8) is 0 Å². The van der Waals surface area contributed by atoms with Gasteiger partial charge in [-0.1, -0.05) is 48.0 Å². The summed E-state index contributed by atoms with van der Waals surface area (Å²) in [5, 5.41) is 13.4. The van der Waals surface area contributed by atoms with E-state index in [1.807, 2.05) is 47.8 Å². The quantitative estimate of drug-likeness (QED) is 0.311. The number of hydrogen-bond donors (Lipinski definition) is 1. The maximum absolute atomic E-state index is 13.1. The number of likely N-dealkylation sites (tertiary alicyclic amines) is 1. The SMILES string of the molecule is COc1cc(OC)c(/C(O)=C2\C(=O)C(=O)N(Cc3cccs3)C2c2ccccc2)cc1Cl. The molecular weight excluding hydrogens is 450 g/mol. The van der Waals surface area contributed by atoms with E-state index >= 15 is 0 Å². The summed E-state index contributed by atoms with van der Waals surface area (Å²) >= 11 is 7.77. The summed E-state index contributed by atoms with van der Waals surface area (Å²) in [4.78, 5) is 28.6. The summed E-state index contributed by atoms with van der Waals surface area (Å²) in [5.41, 5.74) is 0.897. The number of ketones is 1. The molecule has 0 bridgehead atoms. The van der Waals surface area contributed by atoms with Crippen LogP contribution in [-0.2, 0) is 16.1 Å². The normalized spacial score (nSPS) is 17.6. The number of methoxy groups -OCH3 is 2. The number of aliphatic hydroxyl groups is 1. The summed E-state index contributed by atoms with van der Waals surface area (Å²) in [7, 11) is 2.90. The fraction of sp³-hybridized carbons (Fsp3) is 0.167. The first-order valence-electron chi connectivity index (χ1n) is 9.74. The molecule has 0 radical (unpaired) electrons. The molecule has 4 rings (SSSR count). The van der Waals surface area contributed by atoms with Gasteiger partial charge in [0.05, 0.1) is 43.0 Å². The van der Waals surface area contributed by atoms with Gasteiger partial charge < -0.3 is 19.5 Å². The molecule has 2 heterocycles. The molecule has 1 N–H and O–H groups in total. The monoisotopic (exact) mass is 469 g/mol. The van der Waals surface area contributed by atoms with Crippen LogP contribution in [-0.4, -0.2) is 35.9 Å². The lowest BCUT2D eigenvalue weighted by Crippen LogP contribution is -2.28. The number of rotatable bonds is 6. The topological polar surface area (TPSA) is 76.1 Å². The smallest absolute Gasteiger partial charge is 0.295 e. The summed E-state index contributed by atoms with van der Waals surface area (Å²) in [6.07, 6.45) is 0. The largest absolute Gasteiger partial charge is 0.507 e. The van der Waals surface area contributed by atoms with Crippen LogP contribution >= 0.6 is 22.9 Å². The van der Waals surface area contributed by atoms with E-state index in [9.17, 15) is 14.7 Å². The third kappa shape index (κ3) is 3.85. The molecule has 0 spiro atoms. The van der Waals surface area contributed by atoms with E-state index in [-0.39, 0.29) is 34.2 Å². The van der Waals surface area contributed by atoms with Crippen molar-refractivity contribution < 1.29 is 24.2 Å². The van der Waals surface area contributed by atoms with E-state index in [1.54, 1.807) is 0 Å². The van der Waals surface area contributed by atoms with Crippen molar-refractivity contribution in [2.75, 3.05) is 14.2 Å². The highest BCUT2D eigenvalue weighted by Gasteiger charge is 2.46. The van der Waals surface area contributed by atoms with Crippen LogP contribution < -0.4 is 9.47 Å². The average molecular weight is 470 g/mol. The van der Waals surface area contributed by atoms with Gasteiger partial charge in [0, 0.05) is 10.9 Å². The maximum Gasteiger partial charge on any atom is 0.295 e. The lowest BCUT2D eigenvalue weighted by Gasteiger charge is -2.25. The van der Waals surface area contributed by atoms with E-state index in [0.717, 1.165) is 4.88 Å². The zero-order valence-corrected chi connectivity index (χ0v) is 18.9. The predicted molar refractivity (Wildman–Crippen MR) is 123 cm³/mol. The van der Waals surface area contributed by atoms with Crippen molar-refractivity contribution in [1.29, 1.82) is 0 Å². The van der Waals surface area contributed by atoms with Crippen LogP contribution in [0.1, 0.15) is 22.0 Å². The number of benzene rings is 2. The lowest BCUT2D eigenvalue weighted by molar-refractivity contribution is -0.140. The Morgan fingerprint density at radius 3 is 2.41 bits per heavy atom. The fourth-order valence-electron chi connectivity index (χ4n) is 3.79. The number of hydrogen-bond acceptors (Lipinski definition) is 6. The van der Waals surface area contributed by atoms with Crippen molar-refractivity contribution in [2.24, 2.45) is 0 Å². The number of nitrogens with zero attached hydrogens (tertiary/aromatic N) is 1. The number of thiophene rings is 1. The van der Waals surface area contributed by atoms with E-state index in [0.29, 0.717) is 11.3 Å². The third-order valence-corrected chi connectivity index (χ3v) is 6.45. The first-order valence-corrected chi connectivity index (χ1v) is 11.0. The highest BCUT2D eigenvalue weighted by molar-refractivity contribution is 7.09. The standard InChI is InChI=1S/C24H20ClNO5S/c1-30-18-12-19(31-2)17(25)11-16(18)22(27)20-21(14-7-4-3-5-8-14)26(24(29)23(20)28)13-15-9-6-10-32-15/h3-12,21,27H,13H2,1-2H3/b22-20+. The van der Waals surface area contributed by atoms with Crippen LogP contribution in [0.4, 0.5) is 0 Å². The summed E-state index contributed by atoms with van der Waals surface area (Å²) in [6, 6.07) is 15.2. The van der Waals surface area contributed by atoms with Crippen molar-refractivity contribution in [2.45, 2.75) is 12.6 Å². The minimum absolute atomic E-state index is 0.0164. The molecule has 164 valence electrons. The second-order valence-corrected chi connectivity index (χ2v) is 8.54. The third-order valence-electron chi connectivity index (χ3n) is 5.29. The number of ether oxygens (including phenoxy) is 2. The molecule has 1 aliphatic heterocycles. The van der Waals surface area contributed by atoms with E-state index < -0.39 is 17.7 Å². The molecule has 1 fully saturated rings. The van der Waals surface area contributed by atoms with Crippen molar-refractivity contribution in [3.05, 3.63) is 86.6 Å². The molecular formula is C24H20ClNO5S. The Morgan fingerprint density at radius 1 is 1.06 bits per heavy atom. The number of carbonyl (C=O) groups excluding carboxylic acids is 2. The average Bonchev–Trinajstić information content (AvgIpc) is 3.41. The minimum atomic E-state index is -0.762. The highest BCUT2D eigenvalue weighted by Crippen LogP contribution is 2.43. The molecule has 2 aromatic carbocycles. The summed E-state index contributed by atoms with van der Waals surface area (Å²) in [6.45, 7) is 0.249. The Hall–Kier alpha value is -3.29. The second-order valence-electron chi connectivity index (χ2n) is 7.10. The fourth-order valence-corrected chi connectivity index (χ4v) is 4.73. The molecule has 0 aliphatic carbocycles. The zero-order valence-electron chi connectivity index (χ0n) is 17.4. The molecule has 8 heteroatoms. The van der Waals surface area contributed by atoms with Gasteiger partial charge in [0.25, 0.3) is 11.7 Å². The summed E-state index contributed by atoms with van der Waals surface area (Å²) < 4.78 is 10.6. The number of halogens is 1. The first kappa shape index (κ1) is 21.9. The molecule has 0 saturated carbocycles. The van der Waals surface area contributed by atoms with Crippen LogP contribution in [0.5, 0.6) is 11.5 Å². The van der Waals surface area contributed by atoms with Crippen LogP contribution in [0.2, 0.25) is 5.02 Å². The van der Waals surface area contributed by atoms with Crippen LogP contribution in [0, 0.1) is 0 Å². The molecule has 3 aromatic rings. The van der Waals surface area contributed by atoms with Gasteiger partial charge in [-0.05, 0) is 23.1 Å². The Bertz CT molecular complexity index is 1190. The predicted octanol–water partition coefficient (Wildman–Crippen LogP) is 5.04. The molecule has 32 heavy (non-hydrogen) atoms. The Morgan fingerprint density at radius 2 is 1.78 bits per heavy atom. The van der Waals surface area contributed by atoms with E-state index in [2.05, 4.69) is 0 Å². The molecule has 1 aromatic heterocycles. The van der Waals surface area contributed by atoms with Gasteiger partial charge in [0.2, 0.25) is 0 Å². The second kappa shape index (κ2) is 9.06. The molecule has 1 aliphatic rings. The van der Waals surface area contributed by atoms with Gasteiger partial charge in [-0.2, -0.15) is 0 Å². The Kier molecular flexibility index (Phi) is 6.21. The Labute approximate surface area is 194 Å². The maximum atomic E-state index is 13.1. The Balaban J connectivity index is 1.91. The molecule has 1 atom stereocenters. The highest BCUT2D eigenvalue weighted by atomic mass is 35.5. The van der Waals surface area contributed by atoms with Crippen molar-refractivity contribution in [1.82, 2.24) is 4.90 Å². The summed E-state index contributed by atoms with van der Waals surface area (Å²) in [5.74, 6) is -1.17. The molecule has 1 amide bonds. The van der Waals surface area contributed by atoms with Gasteiger partial charge in [0.1, 0.15) is 17.3 Å². The number of aliphatic hydroxyl groups excluding tert-OH is 1. The lowest BCUT2D eigenvalue weighted by atomic mass is 9.95. The van der Waals surface area contributed by atoms with Gasteiger partial charge >= 0.3 is 0 Å². The number of amides is 1. The zero-order chi connectivity index (χ0) is 22.8. The van der Waals surface area contributed by atoms with Crippen LogP contribution in [0.25, 0.3) is 5.76 Å². The molecule has 1 saturated heterocycles. The van der Waals surface area contributed by atoms with Gasteiger partial charge in [-0.15, -0.1) is 11.3 Å². The first-order chi connectivity index (χ1) is 15.5. The molecule has 6 nitrogen and oxygen atoms in total. The van der Waals surface area contributed by atoms with E-state index in [1.165, 1.54) is 42.6 Å².